The van der Waals surface area contributed by atoms with Gasteiger partial charge in [0.2, 0.25) is 10.0 Å². The van der Waals surface area contributed by atoms with Crippen LogP contribution >= 0.6 is 11.3 Å². The molecule has 7 heteroatoms. The van der Waals surface area contributed by atoms with Gasteiger partial charge in [0.15, 0.2) is 9.34 Å². The van der Waals surface area contributed by atoms with E-state index in [0.717, 1.165) is 11.3 Å². The maximum Gasteiger partial charge on any atom is 0.249 e. The predicted molar refractivity (Wildman–Crippen MR) is 52.6 cm³/mol. The molecule has 0 saturated heterocycles. The van der Waals surface area contributed by atoms with Gasteiger partial charge in [-0.15, -0.1) is 0 Å². The summed E-state index contributed by atoms with van der Waals surface area (Å²) in [4.78, 5) is 5.80. The Morgan fingerprint density at radius 2 is 2.00 bits per heavy atom. The van der Waals surface area contributed by atoms with Crippen molar-refractivity contribution in [2.24, 2.45) is 5.14 Å². The number of primary sulfonamides is 1. The highest BCUT2D eigenvalue weighted by molar-refractivity contribution is 7.91. The van der Waals surface area contributed by atoms with Crippen LogP contribution in [0.1, 0.15) is 5.69 Å². The summed E-state index contributed by atoms with van der Waals surface area (Å²) in [6, 6.07) is 0. The molecule has 0 aliphatic carbocycles. The fourth-order valence-electron chi connectivity index (χ4n) is 0.824. The average Bonchev–Trinajstić information content (AvgIpc) is 2.29. The molecule has 0 spiro atoms. The van der Waals surface area contributed by atoms with Crippen molar-refractivity contribution in [2.45, 2.75) is 11.1 Å². The van der Waals surface area contributed by atoms with Crippen LogP contribution in [0.25, 0.3) is 0 Å². The minimum atomic E-state index is -3.62. The predicted octanol–water partition coefficient (Wildman–Crippen LogP) is 0.165. The second-order valence-corrected chi connectivity index (χ2v) is 5.54. The highest BCUT2D eigenvalue weighted by Gasteiger charge is 2.17. The number of nitrogens with two attached hydrogens (primary N) is 1. The lowest BCUT2D eigenvalue weighted by Gasteiger charge is -2.04. The summed E-state index contributed by atoms with van der Waals surface area (Å²) < 4.78 is 22.2. The van der Waals surface area contributed by atoms with E-state index in [2.05, 4.69) is 4.98 Å². The van der Waals surface area contributed by atoms with Crippen LogP contribution in [0, 0.1) is 6.92 Å². The fourth-order valence-corrected chi connectivity index (χ4v) is 2.69. The van der Waals surface area contributed by atoms with E-state index in [1.807, 2.05) is 0 Å². The molecule has 1 heterocycles. The first kappa shape index (κ1) is 10.4. The van der Waals surface area contributed by atoms with Crippen LogP contribution in [0.2, 0.25) is 0 Å². The third-order valence-corrected chi connectivity index (χ3v) is 4.26. The molecule has 1 rings (SSSR count). The number of aryl methyl sites for hydroxylation is 1. The minimum Gasteiger partial charge on any atom is -0.354 e. The van der Waals surface area contributed by atoms with Crippen molar-refractivity contribution in [3.8, 4) is 0 Å². The van der Waals surface area contributed by atoms with Gasteiger partial charge >= 0.3 is 0 Å². The Balaban J connectivity index is 3.27. The maximum absolute atomic E-state index is 11.0. The molecular formula is C6H11N3O2S2. The molecule has 2 N–H and O–H groups in total. The van der Waals surface area contributed by atoms with Gasteiger partial charge in [0.1, 0.15) is 0 Å². The first-order valence-electron chi connectivity index (χ1n) is 3.50. The van der Waals surface area contributed by atoms with E-state index >= 15 is 0 Å². The highest BCUT2D eigenvalue weighted by atomic mass is 32.2. The molecule has 0 bridgehead atoms. The average molecular weight is 221 g/mol. The molecule has 0 radical (unpaired) electrons. The minimum absolute atomic E-state index is 0.135. The smallest absolute Gasteiger partial charge is 0.249 e. The van der Waals surface area contributed by atoms with Gasteiger partial charge in [-0.05, 0) is 6.92 Å². The van der Waals surface area contributed by atoms with Crippen LogP contribution in [0.5, 0.6) is 0 Å². The molecule has 13 heavy (non-hydrogen) atoms. The van der Waals surface area contributed by atoms with Crippen LogP contribution in [-0.4, -0.2) is 27.5 Å². The van der Waals surface area contributed by atoms with Crippen LogP contribution in [0.4, 0.5) is 5.13 Å². The van der Waals surface area contributed by atoms with Crippen molar-refractivity contribution >= 4 is 26.5 Å². The van der Waals surface area contributed by atoms with E-state index in [9.17, 15) is 8.42 Å². The monoisotopic (exact) mass is 221 g/mol. The normalized spacial score (nSPS) is 11.7. The van der Waals surface area contributed by atoms with Gasteiger partial charge in [-0.1, -0.05) is 11.3 Å². The van der Waals surface area contributed by atoms with Crippen LogP contribution in [0.3, 0.4) is 0 Å². The third-order valence-electron chi connectivity index (χ3n) is 1.38. The van der Waals surface area contributed by atoms with E-state index in [1.165, 1.54) is 0 Å². The quantitative estimate of drug-likeness (QED) is 0.772. The van der Waals surface area contributed by atoms with E-state index in [1.54, 1.807) is 25.9 Å². The first-order chi connectivity index (χ1) is 5.82. The number of hydrogen-bond acceptors (Lipinski definition) is 5. The number of aromatic nitrogens is 1. The Morgan fingerprint density at radius 1 is 1.46 bits per heavy atom. The topological polar surface area (TPSA) is 76.3 Å². The molecule has 0 fully saturated rings. The summed E-state index contributed by atoms with van der Waals surface area (Å²) in [6.45, 7) is 1.63. The Kier molecular flexibility index (Phi) is 2.60. The van der Waals surface area contributed by atoms with Gasteiger partial charge in [0, 0.05) is 14.1 Å². The maximum atomic E-state index is 11.0. The van der Waals surface area contributed by atoms with Crippen LogP contribution in [0.15, 0.2) is 4.21 Å². The molecule has 0 aliphatic heterocycles. The third kappa shape index (κ3) is 2.17. The Morgan fingerprint density at radius 3 is 2.23 bits per heavy atom. The van der Waals surface area contributed by atoms with E-state index in [4.69, 9.17) is 5.14 Å². The molecule has 0 amide bonds. The zero-order valence-electron chi connectivity index (χ0n) is 7.60. The lowest BCUT2D eigenvalue weighted by atomic mass is 10.6. The zero-order chi connectivity index (χ0) is 10.2. The van der Waals surface area contributed by atoms with E-state index in [0.29, 0.717) is 10.8 Å². The molecule has 0 saturated carbocycles. The first-order valence-corrected chi connectivity index (χ1v) is 5.86. The summed E-state index contributed by atoms with van der Waals surface area (Å²) in [5.74, 6) is 0. The van der Waals surface area contributed by atoms with Gasteiger partial charge in [0.25, 0.3) is 0 Å². The summed E-state index contributed by atoms with van der Waals surface area (Å²) in [6.07, 6.45) is 0. The summed E-state index contributed by atoms with van der Waals surface area (Å²) in [5, 5.41) is 5.64. The van der Waals surface area contributed by atoms with Crippen LogP contribution < -0.4 is 10.0 Å². The van der Waals surface area contributed by atoms with Crippen molar-refractivity contribution in [2.75, 3.05) is 19.0 Å². The fraction of sp³-hybridized carbons (Fsp3) is 0.500. The summed E-state index contributed by atoms with van der Waals surface area (Å²) in [5.41, 5.74) is 0.455. The van der Waals surface area contributed by atoms with Gasteiger partial charge in [-0.2, -0.15) is 0 Å². The Hall–Kier alpha value is -0.660. The van der Waals surface area contributed by atoms with Crippen molar-refractivity contribution in [3.63, 3.8) is 0 Å². The molecule has 1 aromatic heterocycles. The second-order valence-electron chi connectivity index (χ2n) is 2.81. The number of hydrogen-bond donors (Lipinski definition) is 1. The molecule has 74 valence electrons. The van der Waals surface area contributed by atoms with Gasteiger partial charge in [-0.3, -0.25) is 0 Å². The number of anilines is 1. The molecule has 0 atom stereocenters. The lowest BCUT2D eigenvalue weighted by molar-refractivity contribution is 0.599. The molecule has 0 unspecified atom stereocenters. The molecule has 1 aromatic rings. The zero-order valence-corrected chi connectivity index (χ0v) is 9.24. The Labute approximate surface area is 81.2 Å². The standard InChI is InChI=1S/C6H11N3O2S2/c1-4-5(13(7,10)11)12-6(8-4)9(2)3/h1-3H3,(H2,7,10,11). The van der Waals surface area contributed by atoms with Crippen LogP contribution in [-0.2, 0) is 10.0 Å². The largest absolute Gasteiger partial charge is 0.354 e. The van der Waals surface area contributed by atoms with Crippen molar-refractivity contribution in [1.82, 2.24) is 4.98 Å². The highest BCUT2D eigenvalue weighted by Crippen LogP contribution is 2.27. The number of sulfonamides is 1. The number of nitrogens with zero attached hydrogens (tertiary/aromatic N) is 2. The van der Waals surface area contributed by atoms with E-state index in [-0.39, 0.29) is 4.21 Å². The van der Waals surface area contributed by atoms with E-state index < -0.39 is 10.0 Å². The lowest BCUT2D eigenvalue weighted by Crippen LogP contribution is -2.11. The van der Waals surface area contributed by atoms with Gasteiger partial charge in [0.05, 0.1) is 5.69 Å². The van der Waals surface area contributed by atoms with Crippen molar-refractivity contribution in [3.05, 3.63) is 5.69 Å². The van der Waals surface area contributed by atoms with Gasteiger partial charge < -0.3 is 4.90 Å². The van der Waals surface area contributed by atoms with Gasteiger partial charge in [-0.25, -0.2) is 18.5 Å². The number of rotatable bonds is 2. The molecule has 0 aromatic carbocycles. The Bertz CT molecular complexity index is 408. The van der Waals surface area contributed by atoms with Crippen molar-refractivity contribution < 1.29 is 8.42 Å². The summed E-state index contributed by atoms with van der Waals surface area (Å²) in [7, 11) is -0.0232. The molecule has 0 aliphatic rings. The SMILES string of the molecule is Cc1nc(N(C)C)sc1S(N)(=O)=O. The molecular weight excluding hydrogens is 210 g/mol. The van der Waals surface area contributed by atoms with Crippen molar-refractivity contribution in [1.29, 1.82) is 0 Å². The second kappa shape index (κ2) is 3.24. The number of thiazole rings is 1. The molecule has 5 nitrogen and oxygen atoms in total. The summed E-state index contributed by atoms with van der Waals surface area (Å²) >= 11 is 1.08.